The molecule has 0 aromatic carbocycles. The predicted molar refractivity (Wildman–Crippen MR) is 66.2 cm³/mol. The van der Waals surface area contributed by atoms with Crippen LogP contribution in [0.4, 0.5) is 11.5 Å². The van der Waals surface area contributed by atoms with Crippen molar-refractivity contribution in [3.8, 4) is 0 Å². The quantitative estimate of drug-likeness (QED) is 0.520. The predicted octanol–water partition coefficient (Wildman–Crippen LogP) is 0.873. The molecule has 1 aromatic heterocycles. The van der Waals surface area contributed by atoms with Crippen LogP contribution in [0.15, 0.2) is 18.3 Å². The molecule has 0 radical (unpaired) electrons. The van der Waals surface area contributed by atoms with Crippen LogP contribution >= 0.6 is 0 Å². The van der Waals surface area contributed by atoms with E-state index in [1.807, 2.05) is 12.1 Å². The van der Waals surface area contributed by atoms with Gasteiger partial charge in [0, 0.05) is 30.5 Å². The standard InChI is InChI=1S/C11H19N5/c1-16-6-2-3-10(16)8-14-9-4-5-13-11(7-9)15-12/h4-5,7,10H,2-3,6,8,12H2,1H3,(H2,13,14,15). The lowest BCUT2D eigenvalue weighted by Crippen LogP contribution is -2.31. The van der Waals surface area contributed by atoms with E-state index in [4.69, 9.17) is 5.84 Å². The van der Waals surface area contributed by atoms with Crippen molar-refractivity contribution in [1.82, 2.24) is 9.88 Å². The minimum atomic E-state index is 0.641. The van der Waals surface area contributed by atoms with Crippen molar-refractivity contribution >= 4 is 11.5 Å². The molecular formula is C11H19N5. The van der Waals surface area contributed by atoms with Crippen molar-refractivity contribution in [2.45, 2.75) is 18.9 Å². The van der Waals surface area contributed by atoms with E-state index in [1.54, 1.807) is 6.20 Å². The van der Waals surface area contributed by atoms with Crippen LogP contribution in [0.1, 0.15) is 12.8 Å². The lowest BCUT2D eigenvalue weighted by molar-refractivity contribution is 0.322. The molecule has 1 saturated heterocycles. The first kappa shape index (κ1) is 11.2. The number of hydrogen-bond acceptors (Lipinski definition) is 5. The number of likely N-dealkylation sites (N-methyl/N-ethyl adjacent to an activating group) is 1. The van der Waals surface area contributed by atoms with Gasteiger partial charge in [0.2, 0.25) is 0 Å². The Bertz CT molecular complexity index is 341. The number of anilines is 2. The van der Waals surface area contributed by atoms with Gasteiger partial charge in [-0.25, -0.2) is 10.8 Å². The molecule has 0 bridgehead atoms. The molecule has 1 aliphatic heterocycles. The Balaban J connectivity index is 1.88. The third-order valence-electron chi connectivity index (χ3n) is 3.12. The van der Waals surface area contributed by atoms with Crippen molar-refractivity contribution < 1.29 is 0 Å². The summed E-state index contributed by atoms with van der Waals surface area (Å²) >= 11 is 0. The van der Waals surface area contributed by atoms with E-state index in [-0.39, 0.29) is 0 Å². The molecule has 1 aliphatic rings. The number of rotatable bonds is 4. The van der Waals surface area contributed by atoms with Crippen LogP contribution in [0.2, 0.25) is 0 Å². The molecule has 4 N–H and O–H groups in total. The van der Waals surface area contributed by atoms with Crippen molar-refractivity contribution in [2.75, 3.05) is 30.9 Å². The Hall–Kier alpha value is -1.33. The second-order valence-electron chi connectivity index (χ2n) is 4.23. The number of nitrogens with one attached hydrogen (secondary N) is 2. The maximum atomic E-state index is 5.31. The van der Waals surface area contributed by atoms with Gasteiger partial charge in [-0.15, -0.1) is 0 Å². The average Bonchev–Trinajstić information content (AvgIpc) is 2.72. The minimum absolute atomic E-state index is 0.641. The summed E-state index contributed by atoms with van der Waals surface area (Å²) in [6.45, 7) is 2.18. The van der Waals surface area contributed by atoms with Crippen LogP contribution in [-0.2, 0) is 0 Å². The second kappa shape index (κ2) is 5.14. The molecule has 0 spiro atoms. The van der Waals surface area contributed by atoms with Crippen molar-refractivity contribution in [1.29, 1.82) is 0 Å². The van der Waals surface area contributed by atoms with Crippen molar-refractivity contribution in [3.05, 3.63) is 18.3 Å². The summed E-state index contributed by atoms with van der Waals surface area (Å²) in [6, 6.07) is 4.51. The lowest BCUT2D eigenvalue weighted by Gasteiger charge is -2.20. The third kappa shape index (κ3) is 2.62. The van der Waals surface area contributed by atoms with Crippen LogP contribution in [0.5, 0.6) is 0 Å². The summed E-state index contributed by atoms with van der Waals surface area (Å²) in [5, 5.41) is 3.41. The SMILES string of the molecule is CN1CCCC1CNc1ccnc(NN)c1. The summed E-state index contributed by atoms with van der Waals surface area (Å²) in [6.07, 6.45) is 4.32. The van der Waals surface area contributed by atoms with Gasteiger partial charge in [0.15, 0.2) is 0 Å². The van der Waals surface area contributed by atoms with Gasteiger partial charge in [0.05, 0.1) is 0 Å². The maximum absolute atomic E-state index is 5.31. The minimum Gasteiger partial charge on any atom is -0.383 e. The van der Waals surface area contributed by atoms with E-state index >= 15 is 0 Å². The van der Waals surface area contributed by atoms with Crippen LogP contribution in [0, 0.1) is 0 Å². The van der Waals surface area contributed by atoms with Crippen LogP contribution in [-0.4, -0.2) is 36.1 Å². The normalized spacial score (nSPS) is 21.0. The monoisotopic (exact) mass is 221 g/mol. The molecule has 5 nitrogen and oxygen atoms in total. The number of aromatic nitrogens is 1. The zero-order valence-electron chi connectivity index (χ0n) is 9.61. The molecule has 2 heterocycles. The highest BCUT2D eigenvalue weighted by molar-refractivity contribution is 5.51. The first-order valence-electron chi connectivity index (χ1n) is 5.66. The number of nitrogen functional groups attached to an aromatic ring is 1. The average molecular weight is 221 g/mol. The molecule has 1 unspecified atom stereocenters. The molecule has 2 rings (SSSR count). The smallest absolute Gasteiger partial charge is 0.141 e. The zero-order chi connectivity index (χ0) is 11.4. The van der Waals surface area contributed by atoms with Crippen molar-refractivity contribution in [2.24, 2.45) is 5.84 Å². The largest absolute Gasteiger partial charge is 0.383 e. The fourth-order valence-corrected chi connectivity index (χ4v) is 2.09. The zero-order valence-corrected chi connectivity index (χ0v) is 9.61. The Morgan fingerprint density at radius 1 is 1.62 bits per heavy atom. The number of pyridine rings is 1. The van der Waals surface area contributed by atoms with E-state index < -0.39 is 0 Å². The molecule has 5 heteroatoms. The molecule has 0 saturated carbocycles. The van der Waals surface area contributed by atoms with Crippen molar-refractivity contribution in [3.63, 3.8) is 0 Å². The highest BCUT2D eigenvalue weighted by atomic mass is 15.2. The molecule has 1 atom stereocenters. The lowest BCUT2D eigenvalue weighted by atomic mass is 10.2. The molecule has 88 valence electrons. The van der Waals surface area contributed by atoms with Gasteiger partial charge in [-0.1, -0.05) is 0 Å². The fourth-order valence-electron chi connectivity index (χ4n) is 2.09. The fraction of sp³-hybridized carbons (Fsp3) is 0.545. The Kier molecular flexibility index (Phi) is 3.58. The van der Waals surface area contributed by atoms with Gasteiger partial charge in [0.1, 0.15) is 5.82 Å². The number of nitrogens with zero attached hydrogens (tertiary/aromatic N) is 2. The van der Waals surface area contributed by atoms with E-state index in [9.17, 15) is 0 Å². The molecule has 0 amide bonds. The van der Waals surface area contributed by atoms with Gasteiger partial charge in [-0.05, 0) is 32.5 Å². The summed E-state index contributed by atoms with van der Waals surface area (Å²) in [5.41, 5.74) is 3.60. The topological polar surface area (TPSA) is 66.2 Å². The molecule has 0 aliphatic carbocycles. The molecule has 16 heavy (non-hydrogen) atoms. The van der Waals surface area contributed by atoms with Gasteiger partial charge in [0.25, 0.3) is 0 Å². The maximum Gasteiger partial charge on any atom is 0.141 e. The van der Waals surface area contributed by atoms with Gasteiger partial charge in [-0.3, -0.25) is 0 Å². The van der Waals surface area contributed by atoms with Crippen LogP contribution in [0.3, 0.4) is 0 Å². The highest BCUT2D eigenvalue weighted by Crippen LogP contribution is 2.16. The van der Waals surface area contributed by atoms with E-state index in [1.165, 1.54) is 19.4 Å². The van der Waals surface area contributed by atoms with E-state index in [0.717, 1.165) is 12.2 Å². The van der Waals surface area contributed by atoms with Gasteiger partial charge >= 0.3 is 0 Å². The number of nitrogens with two attached hydrogens (primary N) is 1. The number of likely N-dealkylation sites (tertiary alicyclic amines) is 1. The summed E-state index contributed by atoms with van der Waals surface area (Å²) in [5.74, 6) is 6.00. The Morgan fingerprint density at radius 3 is 3.19 bits per heavy atom. The number of hydrogen-bond donors (Lipinski definition) is 3. The molecular weight excluding hydrogens is 202 g/mol. The Morgan fingerprint density at radius 2 is 2.50 bits per heavy atom. The first-order valence-corrected chi connectivity index (χ1v) is 5.66. The van der Waals surface area contributed by atoms with Gasteiger partial charge in [-0.2, -0.15) is 0 Å². The highest BCUT2D eigenvalue weighted by Gasteiger charge is 2.19. The number of hydrazine groups is 1. The molecule has 1 aromatic rings. The first-order chi connectivity index (χ1) is 7.79. The van der Waals surface area contributed by atoms with Crippen LogP contribution in [0.25, 0.3) is 0 Å². The summed E-state index contributed by atoms with van der Waals surface area (Å²) < 4.78 is 0. The van der Waals surface area contributed by atoms with E-state index in [2.05, 4.69) is 27.7 Å². The Labute approximate surface area is 96.0 Å². The summed E-state index contributed by atoms with van der Waals surface area (Å²) in [4.78, 5) is 6.47. The van der Waals surface area contributed by atoms with Crippen LogP contribution < -0.4 is 16.6 Å². The summed E-state index contributed by atoms with van der Waals surface area (Å²) in [7, 11) is 2.18. The third-order valence-corrected chi connectivity index (χ3v) is 3.12. The second-order valence-corrected chi connectivity index (χ2v) is 4.23. The van der Waals surface area contributed by atoms with E-state index in [0.29, 0.717) is 11.9 Å². The van der Waals surface area contributed by atoms with Gasteiger partial charge < -0.3 is 15.6 Å². The molecule has 1 fully saturated rings.